The number of ether oxygens (including phenoxy) is 5. The van der Waals surface area contributed by atoms with Gasteiger partial charge in [0.1, 0.15) is 28.3 Å². The lowest BCUT2D eigenvalue weighted by Crippen LogP contribution is -2.70. The Balaban J connectivity index is 1.04. The first-order valence-electron chi connectivity index (χ1n) is 21.7. The second kappa shape index (κ2) is 20.2. The summed E-state index contributed by atoms with van der Waals surface area (Å²) in [5.41, 5.74) is 2.16. The molecule has 2 fully saturated rings. The van der Waals surface area contributed by atoms with Crippen molar-refractivity contribution in [2.45, 2.75) is 89.8 Å². The maximum Gasteiger partial charge on any atom is 0.514 e. The van der Waals surface area contributed by atoms with E-state index in [0.717, 1.165) is 16.7 Å². The molecule has 16 nitrogen and oxygen atoms in total. The molecule has 350 valence electrons. The number of esters is 1. The molecule has 0 spiro atoms. The number of anilines is 1. The lowest BCUT2D eigenvalue weighted by atomic mass is 10.00. The number of carbonyl (C=O) groups is 6. The van der Waals surface area contributed by atoms with Crippen molar-refractivity contribution < 1.29 is 57.0 Å². The number of carbonyl (C=O) groups excluding carboxylic acids is 6. The number of thioether (sulfide) groups is 1. The van der Waals surface area contributed by atoms with Crippen molar-refractivity contribution in [1.82, 2.24) is 15.1 Å². The lowest BCUT2D eigenvalue weighted by Gasteiger charge is -2.49. The summed E-state index contributed by atoms with van der Waals surface area (Å²) in [6, 6.07) is 25.9. The Labute approximate surface area is 393 Å². The lowest BCUT2D eigenvalue weighted by molar-refractivity contribution is -0.684. The van der Waals surface area contributed by atoms with Crippen LogP contribution in [0.2, 0.25) is 0 Å². The van der Waals surface area contributed by atoms with Gasteiger partial charge in [0, 0.05) is 48.3 Å². The molecule has 4 aromatic rings. The van der Waals surface area contributed by atoms with E-state index >= 15 is 0 Å². The van der Waals surface area contributed by atoms with Crippen molar-refractivity contribution in [2.24, 2.45) is 0 Å². The van der Waals surface area contributed by atoms with Crippen LogP contribution in [-0.4, -0.2) is 87.8 Å². The minimum absolute atomic E-state index is 0.0121. The maximum absolute atomic E-state index is 14.5. The second-order valence-corrected chi connectivity index (χ2v) is 19.1. The zero-order chi connectivity index (χ0) is 48.0. The van der Waals surface area contributed by atoms with Gasteiger partial charge in [-0.05, 0) is 88.4 Å². The van der Waals surface area contributed by atoms with E-state index in [1.165, 1.54) is 35.9 Å². The fourth-order valence-electron chi connectivity index (χ4n) is 7.56. The van der Waals surface area contributed by atoms with E-state index in [4.69, 9.17) is 23.7 Å². The summed E-state index contributed by atoms with van der Waals surface area (Å²) in [7, 11) is 1.42. The highest BCUT2D eigenvalue weighted by Gasteiger charge is 2.55. The molecule has 2 atom stereocenters. The van der Waals surface area contributed by atoms with Crippen LogP contribution < -0.4 is 24.7 Å². The monoisotopic (exact) mass is 932 g/mol. The van der Waals surface area contributed by atoms with Crippen LogP contribution in [0, 0.1) is 0 Å². The zero-order valence-corrected chi connectivity index (χ0v) is 39.2. The summed E-state index contributed by atoms with van der Waals surface area (Å²) in [4.78, 5) is 83.3. The number of β-lactam (4-membered cyclic amide) rings is 1. The van der Waals surface area contributed by atoms with Crippen LogP contribution in [0.4, 0.5) is 15.3 Å². The number of fused-ring (bicyclic) bond motifs is 1. The molecule has 4 amide bonds. The number of methoxy groups -OCH3 is 1. The van der Waals surface area contributed by atoms with Gasteiger partial charge in [-0.3, -0.25) is 19.3 Å². The molecule has 2 saturated heterocycles. The molecule has 0 radical (unpaired) electrons. The molecule has 1 aromatic heterocycles. The number of nitrogens with zero attached hydrogens (tertiary/aromatic N) is 3. The molecule has 7 rings (SSSR count). The summed E-state index contributed by atoms with van der Waals surface area (Å²) in [6.45, 7) is 11.1. The molecule has 3 aromatic carbocycles. The van der Waals surface area contributed by atoms with Gasteiger partial charge in [0.15, 0.2) is 30.0 Å². The molecule has 0 aliphatic carbocycles. The number of nitrogens with one attached hydrogen (secondary N) is 2. The van der Waals surface area contributed by atoms with Gasteiger partial charge in [-0.25, -0.2) is 14.4 Å². The number of hydrogen-bond acceptors (Lipinski definition) is 12. The second-order valence-electron chi connectivity index (χ2n) is 18.0. The van der Waals surface area contributed by atoms with Crippen molar-refractivity contribution in [3.63, 3.8) is 0 Å². The van der Waals surface area contributed by atoms with E-state index in [1.807, 2.05) is 72.8 Å². The third-order valence-corrected chi connectivity index (χ3v) is 11.8. The Hall–Kier alpha value is -7.14. The number of aromatic nitrogens is 1. The molecule has 2 N–H and O–H groups in total. The number of likely N-dealkylation sites (tertiary alicyclic amines) is 1. The van der Waals surface area contributed by atoms with Gasteiger partial charge in [-0.15, -0.1) is 11.8 Å². The topological polar surface area (TPSA) is 183 Å². The van der Waals surface area contributed by atoms with Gasteiger partial charge in [-0.2, -0.15) is 4.57 Å². The van der Waals surface area contributed by atoms with E-state index in [2.05, 4.69) is 10.6 Å². The first-order valence-corrected chi connectivity index (χ1v) is 22.8. The zero-order valence-electron chi connectivity index (χ0n) is 38.4. The molecule has 0 bridgehead atoms. The van der Waals surface area contributed by atoms with Crippen LogP contribution in [0.3, 0.4) is 0 Å². The number of hydrogen-bond donors (Lipinski definition) is 2. The number of rotatable bonds is 13. The van der Waals surface area contributed by atoms with Gasteiger partial charge in [0.25, 0.3) is 11.8 Å². The number of pyridine rings is 1. The highest BCUT2D eigenvalue weighted by Crippen LogP contribution is 2.43. The van der Waals surface area contributed by atoms with Crippen molar-refractivity contribution in [3.8, 4) is 11.5 Å². The first kappa shape index (κ1) is 47.8. The Morgan fingerprint density at radius 1 is 0.851 bits per heavy atom. The third kappa shape index (κ3) is 12.0. The normalized spacial score (nSPS) is 17.7. The fraction of sp³-hybridized carbons (Fsp3) is 0.340. The third-order valence-electron chi connectivity index (χ3n) is 10.5. The molecule has 3 aliphatic rings. The average molecular weight is 933 g/mol. The van der Waals surface area contributed by atoms with Crippen LogP contribution >= 0.6 is 11.8 Å². The van der Waals surface area contributed by atoms with Crippen molar-refractivity contribution in [3.05, 3.63) is 143 Å². The van der Waals surface area contributed by atoms with E-state index in [-0.39, 0.29) is 41.3 Å². The van der Waals surface area contributed by atoms with Crippen molar-refractivity contribution in [2.75, 3.05) is 24.7 Å². The Morgan fingerprint density at radius 2 is 1.49 bits per heavy atom. The standard InChI is InChI=1S/C50H53N5O11S/c1-49(2,3)65-47(60)52-40-44(58)55-41(46(59)64-42(32-14-10-8-11-15-32)33-16-12-9-13-17-33)35(30-67-45(40)55)26-34-22-25-54(43(34)57)28-31-20-23-53(24-21-31)29-39(56)51-36-18-19-37(38(27-36)62-7)63-48(61)66-50(4,5)6/h8-21,23-24,26-27,40,42,45H,22,25,28-30H2,1-7H3,(H-,51,52,56,60)/p+1/t40-,45-/m1/s1. The maximum atomic E-state index is 14.5. The van der Waals surface area contributed by atoms with Crippen molar-refractivity contribution >= 4 is 53.4 Å². The average Bonchev–Trinajstić information content (AvgIpc) is 3.61. The van der Waals surface area contributed by atoms with E-state index in [1.54, 1.807) is 75.5 Å². The van der Waals surface area contributed by atoms with Crippen LogP contribution in [0.1, 0.15) is 70.8 Å². The highest BCUT2D eigenvalue weighted by molar-refractivity contribution is 8.00. The smallest absolute Gasteiger partial charge is 0.493 e. The quantitative estimate of drug-likeness (QED) is 0.0351. The van der Waals surface area contributed by atoms with E-state index < -0.39 is 52.8 Å². The van der Waals surface area contributed by atoms with Crippen LogP contribution in [-0.2, 0) is 46.5 Å². The molecule has 17 heteroatoms. The molecule has 0 unspecified atom stereocenters. The number of amides is 4. The summed E-state index contributed by atoms with van der Waals surface area (Å²) >= 11 is 1.37. The van der Waals surface area contributed by atoms with Crippen LogP contribution in [0.25, 0.3) is 0 Å². The molecular formula is C50H54N5O11S+. The molecular weight excluding hydrogens is 879 g/mol. The van der Waals surface area contributed by atoms with Gasteiger partial charge in [0.2, 0.25) is 12.5 Å². The van der Waals surface area contributed by atoms with E-state index in [0.29, 0.717) is 36.3 Å². The minimum Gasteiger partial charge on any atom is -0.493 e. The number of alkyl carbamates (subject to hydrolysis) is 1. The SMILES string of the molecule is COc1cc(NC(=O)C[n+]2ccc(CN3CCC(=CC4=C(C(=O)OC(c5ccccc5)c5ccccc5)N5C(=O)[C@@H](NC(=O)OC(C)(C)C)[C@H]5SC4)C3=O)cc2)ccc1OC(=O)OC(C)(C)C. The molecule has 0 saturated carbocycles. The van der Waals surface area contributed by atoms with Crippen LogP contribution in [0.15, 0.2) is 126 Å². The largest absolute Gasteiger partial charge is 0.514 e. The van der Waals surface area contributed by atoms with E-state index in [9.17, 15) is 28.8 Å². The molecule has 3 aliphatic heterocycles. The summed E-state index contributed by atoms with van der Waals surface area (Å²) in [6.07, 6.45) is 3.16. The van der Waals surface area contributed by atoms with Gasteiger partial charge in [-0.1, -0.05) is 60.7 Å². The van der Waals surface area contributed by atoms with Gasteiger partial charge >= 0.3 is 18.2 Å². The van der Waals surface area contributed by atoms with Gasteiger partial charge in [0.05, 0.1) is 7.11 Å². The van der Waals surface area contributed by atoms with Crippen LogP contribution in [0.5, 0.6) is 11.5 Å². The highest BCUT2D eigenvalue weighted by atomic mass is 32.2. The predicted molar refractivity (Wildman–Crippen MR) is 247 cm³/mol. The number of allylic oxidation sites excluding steroid dienone is 1. The minimum atomic E-state index is -0.936. The number of benzene rings is 3. The molecule has 4 heterocycles. The molecule has 67 heavy (non-hydrogen) atoms. The Morgan fingerprint density at radius 3 is 2.10 bits per heavy atom. The Bertz CT molecular complexity index is 2550. The summed E-state index contributed by atoms with van der Waals surface area (Å²) < 4.78 is 29.2. The predicted octanol–water partition coefficient (Wildman–Crippen LogP) is 6.99. The fourth-order valence-corrected chi connectivity index (χ4v) is 8.87. The first-order chi connectivity index (χ1) is 31.9. The summed E-state index contributed by atoms with van der Waals surface area (Å²) in [5, 5.41) is 4.88. The van der Waals surface area contributed by atoms with Crippen molar-refractivity contribution in [1.29, 1.82) is 0 Å². The van der Waals surface area contributed by atoms with Gasteiger partial charge < -0.3 is 39.2 Å². The summed E-state index contributed by atoms with van der Waals surface area (Å²) in [5.74, 6) is -1.15. The Kier molecular flexibility index (Phi) is 14.4.